The molecule has 1 aromatic carbocycles. The number of hydrogen-bond donors (Lipinski definition) is 1. The Kier molecular flexibility index (Phi) is 6.01. The number of nitrogens with zero attached hydrogens (tertiary/aromatic N) is 2. The molecule has 24 heavy (non-hydrogen) atoms. The zero-order valence-corrected chi connectivity index (χ0v) is 15.6. The fraction of sp³-hybridized carbons (Fsp3) is 0.588. The second kappa shape index (κ2) is 7.63. The highest BCUT2D eigenvalue weighted by Crippen LogP contribution is 2.21. The van der Waals surface area contributed by atoms with Crippen LogP contribution in [0.25, 0.3) is 0 Å². The van der Waals surface area contributed by atoms with Gasteiger partial charge in [0.15, 0.2) is 0 Å². The van der Waals surface area contributed by atoms with Crippen LogP contribution >= 0.6 is 0 Å². The maximum atomic E-state index is 12.3. The van der Waals surface area contributed by atoms with Gasteiger partial charge in [-0.1, -0.05) is 19.9 Å². The Morgan fingerprint density at radius 1 is 1.25 bits per heavy atom. The molecule has 1 aliphatic rings. The summed E-state index contributed by atoms with van der Waals surface area (Å²) in [6.45, 7) is 6.59. The smallest absolute Gasteiger partial charge is 0.242 e. The Hall–Kier alpha value is -1.44. The average molecular weight is 353 g/mol. The molecule has 1 aliphatic heterocycles. The second-order valence-corrected chi connectivity index (χ2v) is 9.16. The molecule has 0 radical (unpaired) electrons. The molecule has 1 fully saturated rings. The predicted molar refractivity (Wildman–Crippen MR) is 95.3 cm³/mol. The van der Waals surface area contributed by atoms with E-state index in [1.807, 2.05) is 0 Å². The van der Waals surface area contributed by atoms with Crippen molar-refractivity contribution in [3.05, 3.63) is 24.3 Å². The van der Waals surface area contributed by atoms with Crippen molar-refractivity contribution < 1.29 is 13.2 Å². The van der Waals surface area contributed by atoms with Crippen LogP contribution in [0.3, 0.4) is 0 Å². The molecule has 1 N–H and O–H groups in total. The van der Waals surface area contributed by atoms with E-state index in [0.29, 0.717) is 24.1 Å². The Balaban J connectivity index is 2.02. The normalized spacial score (nSPS) is 22.5. The standard InChI is InChI=1S/C17H27N3O3S/c1-13-8-14(2)11-20(10-13)12-17(21)18-15-6-5-7-16(9-15)24(22,23)19(3)4/h5-7,9,13-14H,8,10-12H2,1-4H3,(H,18,21)/t13-,14-/m1/s1. The highest BCUT2D eigenvalue weighted by molar-refractivity contribution is 7.89. The maximum Gasteiger partial charge on any atom is 0.242 e. The van der Waals surface area contributed by atoms with Gasteiger partial charge < -0.3 is 5.32 Å². The molecule has 0 unspecified atom stereocenters. The summed E-state index contributed by atoms with van der Waals surface area (Å²) in [6, 6.07) is 6.36. The van der Waals surface area contributed by atoms with Gasteiger partial charge in [0.1, 0.15) is 0 Å². The first-order valence-electron chi connectivity index (χ1n) is 8.23. The molecule has 1 aromatic rings. The number of carbonyl (C=O) groups is 1. The van der Waals surface area contributed by atoms with Gasteiger partial charge in [-0.25, -0.2) is 12.7 Å². The third-order valence-electron chi connectivity index (χ3n) is 4.21. The number of anilines is 1. The molecule has 134 valence electrons. The third kappa shape index (κ3) is 4.78. The topological polar surface area (TPSA) is 69.7 Å². The van der Waals surface area contributed by atoms with Crippen LogP contribution in [0.5, 0.6) is 0 Å². The lowest BCUT2D eigenvalue weighted by Gasteiger charge is -2.34. The molecule has 0 spiro atoms. The van der Waals surface area contributed by atoms with Crippen molar-refractivity contribution in [2.45, 2.75) is 25.2 Å². The summed E-state index contributed by atoms with van der Waals surface area (Å²) in [7, 11) is -0.535. The van der Waals surface area contributed by atoms with Crippen molar-refractivity contribution >= 4 is 21.6 Å². The second-order valence-electron chi connectivity index (χ2n) is 7.00. The third-order valence-corrected chi connectivity index (χ3v) is 6.02. The molecule has 1 amide bonds. The Bertz CT molecular complexity index is 678. The monoisotopic (exact) mass is 353 g/mol. The van der Waals surface area contributed by atoms with Crippen molar-refractivity contribution in [1.82, 2.24) is 9.21 Å². The number of rotatable bonds is 5. The number of hydrogen-bond acceptors (Lipinski definition) is 4. The molecule has 0 aliphatic carbocycles. The van der Waals surface area contributed by atoms with Crippen molar-refractivity contribution in [3.8, 4) is 0 Å². The lowest BCUT2D eigenvalue weighted by Crippen LogP contribution is -2.42. The number of carbonyl (C=O) groups excluding carboxylic acids is 1. The fourth-order valence-electron chi connectivity index (χ4n) is 3.27. The summed E-state index contributed by atoms with van der Waals surface area (Å²) in [6.07, 6.45) is 1.20. The van der Waals surface area contributed by atoms with Gasteiger partial charge in [-0.2, -0.15) is 0 Å². The predicted octanol–water partition coefficient (Wildman–Crippen LogP) is 1.85. The number of likely N-dealkylation sites (tertiary alicyclic amines) is 1. The molecule has 2 atom stereocenters. The molecular formula is C17H27N3O3S. The maximum absolute atomic E-state index is 12.3. The molecule has 6 nitrogen and oxygen atoms in total. The fourth-order valence-corrected chi connectivity index (χ4v) is 4.22. The van der Waals surface area contributed by atoms with E-state index in [1.54, 1.807) is 12.1 Å². The van der Waals surface area contributed by atoms with Crippen LogP contribution in [-0.2, 0) is 14.8 Å². The van der Waals surface area contributed by atoms with E-state index >= 15 is 0 Å². The highest BCUT2D eigenvalue weighted by atomic mass is 32.2. The summed E-state index contributed by atoms with van der Waals surface area (Å²) in [5.74, 6) is 1.07. The molecule has 0 aromatic heterocycles. The number of amides is 1. The number of sulfonamides is 1. The number of piperidine rings is 1. The first kappa shape index (κ1) is 18.9. The van der Waals surface area contributed by atoms with Gasteiger partial charge in [0.25, 0.3) is 0 Å². The number of nitrogens with one attached hydrogen (secondary N) is 1. The first-order valence-corrected chi connectivity index (χ1v) is 9.67. The van der Waals surface area contributed by atoms with Gasteiger partial charge in [0, 0.05) is 32.9 Å². The largest absolute Gasteiger partial charge is 0.325 e. The average Bonchev–Trinajstić information content (AvgIpc) is 2.45. The first-order chi connectivity index (χ1) is 11.2. The van der Waals surface area contributed by atoms with E-state index in [1.165, 1.54) is 32.6 Å². The van der Waals surface area contributed by atoms with Crippen molar-refractivity contribution in [1.29, 1.82) is 0 Å². The summed E-state index contributed by atoms with van der Waals surface area (Å²) in [4.78, 5) is 14.6. The lowest BCUT2D eigenvalue weighted by atomic mass is 9.92. The molecule has 1 saturated heterocycles. The van der Waals surface area contributed by atoms with Crippen molar-refractivity contribution in [2.24, 2.45) is 11.8 Å². The van der Waals surface area contributed by atoms with Gasteiger partial charge in [-0.3, -0.25) is 9.69 Å². The summed E-state index contributed by atoms with van der Waals surface area (Å²) in [5, 5.41) is 2.81. The SMILES string of the molecule is C[C@@H]1C[C@@H](C)CN(CC(=O)Nc2cccc(S(=O)(=O)N(C)C)c2)C1. The van der Waals surface area contributed by atoms with Crippen LogP contribution in [0.1, 0.15) is 20.3 Å². The van der Waals surface area contributed by atoms with Crippen LogP contribution in [0.15, 0.2) is 29.2 Å². The van der Waals surface area contributed by atoms with Gasteiger partial charge in [0.2, 0.25) is 15.9 Å². The Morgan fingerprint density at radius 2 is 1.88 bits per heavy atom. The van der Waals surface area contributed by atoms with Crippen LogP contribution < -0.4 is 5.32 Å². The van der Waals surface area contributed by atoms with Gasteiger partial charge in [0.05, 0.1) is 11.4 Å². The zero-order chi connectivity index (χ0) is 17.9. The van der Waals surface area contributed by atoms with Gasteiger partial charge in [-0.15, -0.1) is 0 Å². The quantitative estimate of drug-likeness (QED) is 0.877. The number of benzene rings is 1. The van der Waals surface area contributed by atoms with E-state index in [9.17, 15) is 13.2 Å². The molecule has 0 saturated carbocycles. The van der Waals surface area contributed by atoms with Crippen molar-refractivity contribution in [2.75, 3.05) is 39.0 Å². The van der Waals surface area contributed by atoms with Crippen LogP contribution in [0.2, 0.25) is 0 Å². The minimum absolute atomic E-state index is 0.115. The highest BCUT2D eigenvalue weighted by Gasteiger charge is 2.23. The van der Waals surface area contributed by atoms with Gasteiger partial charge in [-0.05, 0) is 36.5 Å². The molecule has 0 bridgehead atoms. The van der Waals surface area contributed by atoms with Crippen LogP contribution in [0.4, 0.5) is 5.69 Å². The minimum atomic E-state index is -3.51. The van der Waals surface area contributed by atoms with Crippen LogP contribution in [-0.4, -0.2) is 57.3 Å². The van der Waals surface area contributed by atoms with E-state index in [4.69, 9.17) is 0 Å². The van der Waals surface area contributed by atoms with E-state index in [-0.39, 0.29) is 10.8 Å². The van der Waals surface area contributed by atoms with E-state index < -0.39 is 10.0 Å². The summed E-state index contributed by atoms with van der Waals surface area (Å²) in [5.41, 5.74) is 0.501. The van der Waals surface area contributed by atoms with E-state index in [0.717, 1.165) is 17.4 Å². The molecule has 7 heteroatoms. The van der Waals surface area contributed by atoms with E-state index in [2.05, 4.69) is 24.1 Å². The Morgan fingerprint density at radius 3 is 2.46 bits per heavy atom. The van der Waals surface area contributed by atoms with Gasteiger partial charge >= 0.3 is 0 Å². The summed E-state index contributed by atoms with van der Waals surface area (Å²) < 4.78 is 25.5. The molecule has 2 rings (SSSR count). The van der Waals surface area contributed by atoms with Crippen LogP contribution in [0, 0.1) is 11.8 Å². The lowest BCUT2D eigenvalue weighted by molar-refractivity contribution is -0.117. The Labute approximate surface area is 144 Å². The summed E-state index contributed by atoms with van der Waals surface area (Å²) >= 11 is 0. The zero-order valence-electron chi connectivity index (χ0n) is 14.8. The molecule has 1 heterocycles. The molecular weight excluding hydrogens is 326 g/mol. The van der Waals surface area contributed by atoms with Crippen molar-refractivity contribution in [3.63, 3.8) is 0 Å². The minimum Gasteiger partial charge on any atom is -0.325 e.